The summed E-state index contributed by atoms with van der Waals surface area (Å²) in [5.41, 5.74) is 6.88. The number of anilines is 1. The number of aromatic nitrogens is 1. The minimum absolute atomic E-state index is 0.0329. The average Bonchev–Trinajstić information content (AvgIpc) is 2.97. The van der Waals surface area contributed by atoms with Gasteiger partial charge in [0.2, 0.25) is 0 Å². The second-order valence-electron chi connectivity index (χ2n) is 6.79. The van der Waals surface area contributed by atoms with Gasteiger partial charge < -0.3 is 20.3 Å². The third-order valence-electron chi connectivity index (χ3n) is 4.89. The summed E-state index contributed by atoms with van der Waals surface area (Å²) in [6, 6.07) is 3.99. The first-order chi connectivity index (χ1) is 11.1. The quantitative estimate of drug-likeness (QED) is 0.899. The molecule has 2 fully saturated rings. The lowest BCUT2D eigenvalue weighted by atomic mass is 9.92. The molecule has 1 amide bonds. The van der Waals surface area contributed by atoms with Crippen molar-refractivity contribution in [2.75, 3.05) is 44.3 Å². The maximum Gasteiger partial charge on any atom is 0.255 e. The predicted octanol–water partition coefficient (Wildman–Crippen LogP) is 0.974. The SMILES string of the molecule is CC(C)C1CN(c2ccc(C(=O)N3CCOCC3)cn2)CC1N. The zero-order valence-electron chi connectivity index (χ0n) is 13.9. The highest BCUT2D eigenvalue weighted by Crippen LogP contribution is 2.26. The summed E-state index contributed by atoms with van der Waals surface area (Å²) in [4.78, 5) is 21.0. The molecule has 3 heterocycles. The lowest BCUT2D eigenvalue weighted by Crippen LogP contribution is -2.40. The molecule has 0 radical (unpaired) electrons. The lowest BCUT2D eigenvalue weighted by Gasteiger charge is -2.27. The number of morpholine rings is 1. The third kappa shape index (κ3) is 3.48. The largest absolute Gasteiger partial charge is 0.378 e. The van der Waals surface area contributed by atoms with Gasteiger partial charge in [-0.3, -0.25) is 4.79 Å². The van der Waals surface area contributed by atoms with Gasteiger partial charge in [0.05, 0.1) is 18.8 Å². The Bertz CT molecular complexity index is 540. The van der Waals surface area contributed by atoms with E-state index in [4.69, 9.17) is 10.5 Å². The van der Waals surface area contributed by atoms with Crippen LogP contribution >= 0.6 is 0 Å². The van der Waals surface area contributed by atoms with Crippen LogP contribution in [0.1, 0.15) is 24.2 Å². The van der Waals surface area contributed by atoms with E-state index in [2.05, 4.69) is 23.7 Å². The van der Waals surface area contributed by atoms with Crippen molar-refractivity contribution >= 4 is 11.7 Å². The Balaban J connectivity index is 1.66. The Hall–Kier alpha value is -1.66. The Labute approximate surface area is 137 Å². The van der Waals surface area contributed by atoms with E-state index in [1.807, 2.05) is 17.0 Å². The van der Waals surface area contributed by atoms with Gasteiger partial charge in [0.15, 0.2) is 0 Å². The standard InChI is InChI=1S/C17H26N4O2/c1-12(2)14-10-21(11-15(14)18)16-4-3-13(9-19-16)17(22)20-5-7-23-8-6-20/h3-4,9,12,14-15H,5-8,10-11,18H2,1-2H3. The van der Waals surface area contributed by atoms with Crippen molar-refractivity contribution in [3.63, 3.8) is 0 Å². The van der Waals surface area contributed by atoms with Gasteiger partial charge in [-0.05, 0) is 24.0 Å². The fourth-order valence-corrected chi connectivity index (χ4v) is 3.40. The minimum Gasteiger partial charge on any atom is -0.378 e. The third-order valence-corrected chi connectivity index (χ3v) is 4.89. The smallest absolute Gasteiger partial charge is 0.255 e. The molecule has 23 heavy (non-hydrogen) atoms. The first-order valence-corrected chi connectivity index (χ1v) is 8.40. The Morgan fingerprint density at radius 2 is 2.04 bits per heavy atom. The molecule has 2 atom stereocenters. The fourth-order valence-electron chi connectivity index (χ4n) is 3.40. The van der Waals surface area contributed by atoms with Crippen molar-refractivity contribution in [2.24, 2.45) is 17.6 Å². The molecule has 6 nitrogen and oxygen atoms in total. The number of rotatable bonds is 3. The summed E-state index contributed by atoms with van der Waals surface area (Å²) in [5.74, 6) is 2.00. The van der Waals surface area contributed by atoms with Gasteiger partial charge in [-0.1, -0.05) is 13.8 Å². The monoisotopic (exact) mass is 318 g/mol. The molecule has 0 spiro atoms. The summed E-state index contributed by atoms with van der Waals surface area (Å²) >= 11 is 0. The molecule has 0 saturated carbocycles. The lowest BCUT2D eigenvalue weighted by molar-refractivity contribution is 0.0302. The molecule has 2 aliphatic rings. The van der Waals surface area contributed by atoms with Gasteiger partial charge in [0, 0.05) is 38.4 Å². The zero-order valence-corrected chi connectivity index (χ0v) is 13.9. The van der Waals surface area contributed by atoms with Gasteiger partial charge in [0.25, 0.3) is 5.91 Å². The van der Waals surface area contributed by atoms with Crippen molar-refractivity contribution in [2.45, 2.75) is 19.9 Å². The van der Waals surface area contributed by atoms with Crippen LogP contribution < -0.4 is 10.6 Å². The van der Waals surface area contributed by atoms with Crippen LogP contribution in [0.25, 0.3) is 0 Å². The maximum atomic E-state index is 12.4. The second kappa shape index (κ2) is 6.84. The van der Waals surface area contributed by atoms with Gasteiger partial charge >= 0.3 is 0 Å². The summed E-state index contributed by atoms with van der Waals surface area (Å²) < 4.78 is 5.28. The number of ether oxygens (including phenoxy) is 1. The normalized spacial score (nSPS) is 25.2. The minimum atomic E-state index is 0.0329. The zero-order chi connectivity index (χ0) is 16.4. The molecule has 6 heteroatoms. The molecular formula is C17H26N4O2. The van der Waals surface area contributed by atoms with Crippen molar-refractivity contribution < 1.29 is 9.53 Å². The van der Waals surface area contributed by atoms with Crippen molar-refractivity contribution in [1.29, 1.82) is 0 Å². The van der Waals surface area contributed by atoms with E-state index in [1.54, 1.807) is 6.20 Å². The van der Waals surface area contributed by atoms with E-state index < -0.39 is 0 Å². The molecule has 2 saturated heterocycles. The van der Waals surface area contributed by atoms with Crippen LogP contribution in [0.4, 0.5) is 5.82 Å². The Morgan fingerprint density at radius 1 is 1.30 bits per heavy atom. The van der Waals surface area contributed by atoms with Crippen LogP contribution in [0.2, 0.25) is 0 Å². The van der Waals surface area contributed by atoms with Gasteiger partial charge in [-0.15, -0.1) is 0 Å². The maximum absolute atomic E-state index is 12.4. The fraction of sp³-hybridized carbons (Fsp3) is 0.647. The summed E-state index contributed by atoms with van der Waals surface area (Å²) in [7, 11) is 0. The van der Waals surface area contributed by atoms with E-state index in [0.29, 0.717) is 43.7 Å². The molecule has 1 aromatic heterocycles. The Morgan fingerprint density at radius 3 is 2.61 bits per heavy atom. The van der Waals surface area contributed by atoms with Crippen LogP contribution in [0.15, 0.2) is 18.3 Å². The number of carbonyl (C=O) groups excluding carboxylic acids is 1. The molecular weight excluding hydrogens is 292 g/mol. The molecule has 2 unspecified atom stereocenters. The number of nitrogens with two attached hydrogens (primary N) is 1. The Kier molecular flexibility index (Phi) is 4.82. The number of pyridine rings is 1. The van der Waals surface area contributed by atoms with E-state index in [0.717, 1.165) is 18.9 Å². The van der Waals surface area contributed by atoms with E-state index in [1.165, 1.54) is 0 Å². The number of carbonyl (C=O) groups is 1. The van der Waals surface area contributed by atoms with E-state index in [9.17, 15) is 4.79 Å². The first kappa shape index (κ1) is 16.2. The number of hydrogen-bond acceptors (Lipinski definition) is 5. The number of hydrogen-bond donors (Lipinski definition) is 1. The number of nitrogens with zero attached hydrogens (tertiary/aromatic N) is 3. The summed E-state index contributed by atoms with van der Waals surface area (Å²) in [6.07, 6.45) is 1.68. The summed E-state index contributed by atoms with van der Waals surface area (Å²) in [5, 5.41) is 0. The van der Waals surface area contributed by atoms with Crippen molar-refractivity contribution in [3.05, 3.63) is 23.9 Å². The molecule has 2 N–H and O–H groups in total. The highest BCUT2D eigenvalue weighted by molar-refractivity contribution is 5.94. The van der Waals surface area contributed by atoms with E-state index >= 15 is 0 Å². The van der Waals surface area contributed by atoms with Gasteiger partial charge in [0.1, 0.15) is 5.82 Å². The molecule has 2 aliphatic heterocycles. The highest BCUT2D eigenvalue weighted by atomic mass is 16.5. The van der Waals surface area contributed by atoms with Crippen molar-refractivity contribution in [3.8, 4) is 0 Å². The topological polar surface area (TPSA) is 71.7 Å². The molecule has 0 aromatic carbocycles. The first-order valence-electron chi connectivity index (χ1n) is 8.40. The summed E-state index contributed by atoms with van der Waals surface area (Å²) in [6.45, 7) is 8.71. The second-order valence-corrected chi connectivity index (χ2v) is 6.79. The van der Waals surface area contributed by atoms with Gasteiger partial charge in [-0.25, -0.2) is 4.98 Å². The van der Waals surface area contributed by atoms with Crippen LogP contribution in [0, 0.1) is 11.8 Å². The van der Waals surface area contributed by atoms with Crippen LogP contribution in [-0.2, 0) is 4.74 Å². The average molecular weight is 318 g/mol. The molecule has 0 aliphatic carbocycles. The molecule has 126 valence electrons. The predicted molar refractivity (Wildman–Crippen MR) is 89.5 cm³/mol. The molecule has 0 bridgehead atoms. The van der Waals surface area contributed by atoms with Gasteiger partial charge in [-0.2, -0.15) is 0 Å². The van der Waals surface area contributed by atoms with Crippen LogP contribution in [0.3, 0.4) is 0 Å². The molecule has 1 aromatic rings. The van der Waals surface area contributed by atoms with Crippen LogP contribution in [0.5, 0.6) is 0 Å². The van der Waals surface area contributed by atoms with Crippen LogP contribution in [-0.4, -0.2) is 61.2 Å². The van der Waals surface area contributed by atoms with E-state index in [-0.39, 0.29) is 11.9 Å². The number of amides is 1. The highest BCUT2D eigenvalue weighted by Gasteiger charge is 2.32. The molecule has 3 rings (SSSR count). The van der Waals surface area contributed by atoms with Crippen molar-refractivity contribution in [1.82, 2.24) is 9.88 Å².